The maximum atomic E-state index is 13.8. The lowest BCUT2D eigenvalue weighted by Gasteiger charge is -2.40. The van der Waals surface area contributed by atoms with Crippen molar-refractivity contribution >= 4 is 28.4 Å². The van der Waals surface area contributed by atoms with Crippen LogP contribution in [0, 0.1) is 5.82 Å². The molecule has 28 heavy (non-hydrogen) atoms. The monoisotopic (exact) mass is 425 g/mol. The number of nitrogens with zero attached hydrogens (tertiary/aromatic N) is 1. The van der Waals surface area contributed by atoms with Gasteiger partial charge in [0.15, 0.2) is 0 Å². The summed E-state index contributed by atoms with van der Waals surface area (Å²) in [5.41, 5.74) is 0.854. The van der Waals surface area contributed by atoms with Gasteiger partial charge in [-0.15, -0.1) is 0 Å². The van der Waals surface area contributed by atoms with Crippen molar-refractivity contribution in [1.82, 2.24) is 4.90 Å². The summed E-state index contributed by atoms with van der Waals surface area (Å²) in [7, 11) is 0. The van der Waals surface area contributed by atoms with Crippen molar-refractivity contribution in [2.75, 3.05) is 26.2 Å². The van der Waals surface area contributed by atoms with E-state index in [1.165, 1.54) is 6.07 Å². The minimum Gasteiger partial charge on any atom is -0.489 e. The number of morpholine rings is 1. The first kappa shape index (κ1) is 21.1. The largest absolute Gasteiger partial charge is 0.489 e. The molecule has 0 N–H and O–H groups in total. The van der Waals surface area contributed by atoms with Crippen molar-refractivity contribution in [3.05, 3.63) is 64.4 Å². The standard InChI is InChI=1S/C21H22Cl2FNO3/c1-21(14-25(11-12-28-21)10-9-20(23)26)15-5-7-16(8-6-15)27-13-17-18(22)3-2-4-19(17)24/h2-8H,9-14H2,1H3. The molecule has 0 radical (unpaired) electrons. The Morgan fingerprint density at radius 1 is 1.29 bits per heavy atom. The van der Waals surface area contributed by atoms with Crippen LogP contribution >= 0.6 is 23.2 Å². The molecule has 2 aromatic rings. The summed E-state index contributed by atoms with van der Waals surface area (Å²) >= 11 is 11.5. The van der Waals surface area contributed by atoms with Crippen LogP contribution in [0.2, 0.25) is 5.02 Å². The number of hydrogen-bond acceptors (Lipinski definition) is 4. The van der Waals surface area contributed by atoms with Gasteiger partial charge in [-0.3, -0.25) is 9.69 Å². The Morgan fingerprint density at radius 2 is 2.04 bits per heavy atom. The number of ether oxygens (including phenoxy) is 2. The molecule has 0 bridgehead atoms. The van der Waals surface area contributed by atoms with Gasteiger partial charge in [-0.1, -0.05) is 29.8 Å². The molecular formula is C21H22Cl2FNO3. The lowest BCUT2D eigenvalue weighted by Crippen LogP contribution is -2.48. The van der Waals surface area contributed by atoms with E-state index in [0.29, 0.717) is 42.5 Å². The molecule has 7 heteroatoms. The number of rotatable bonds is 7. The van der Waals surface area contributed by atoms with E-state index < -0.39 is 5.60 Å². The van der Waals surface area contributed by atoms with E-state index in [1.54, 1.807) is 12.1 Å². The van der Waals surface area contributed by atoms with Crippen LogP contribution in [0.4, 0.5) is 4.39 Å². The molecular weight excluding hydrogens is 404 g/mol. The van der Waals surface area contributed by atoms with E-state index in [9.17, 15) is 9.18 Å². The third-order valence-electron chi connectivity index (χ3n) is 4.89. The summed E-state index contributed by atoms with van der Waals surface area (Å²) in [5.74, 6) is 0.231. The first-order valence-electron chi connectivity index (χ1n) is 9.08. The molecule has 1 fully saturated rings. The van der Waals surface area contributed by atoms with Gasteiger partial charge in [-0.05, 0) is 48.4 Å². The fourth-order valence-corrected chi connectivity index (χ4v) is 3.59. The second-order valence-corrected chi connectivity index (χ2v) is 7.80. The highest BCUT2D eigenvalue weighted by Gasteiger charge is 2.33. The minimum absolute atomic E-state index is 0.0544. The van der Waals surface area contributed by atoms with Crippen LogP contribution in [-0.4, -0.2) is 36.4 Å². The third kappa shape index (κ3) is 5.23. The topological polar surface area (TPSA) is 38.8 Å². The number of carbonyl (C=O) groups is 1. The van der Waals surface area contributed by atoms with Gasteiger partial charge in [0.1, 0.15) is 23.8 Å². The van der Waals surface area contributed by atoms with E-state index in [1.807, 2.05) is 31.2 Å². The normalized spacial score (nSPS) is 20.1. The molecule has 1 atom stereocenters. The fourth-order valence-electron chi connectivity index (χ4n) is 3.29. The predicted molar refractivity (Wildman–Crippen MR) is 107 cm³/mol. The molecule has 4 nitrogen and oxygen atoms in total. The smallest absolute Gasteiger partial charge is 0.222 e. The van der Waals surface area contributed by atoms with E-state index in [4.69, 9.17) is 32.7 Å². The van der Waals surface area contributed by atoms with Gasteiger partial charge in [-0.25, -0.2) is 4.39 Å². The second kappa shape index (κ2) is 9.23. The lowest BCUT2D eigenvalue weighted by atomic mass is 9.93. The highest BCUT2D eigenvalue weighted by molar-refractivity contribution is 6.63. The van der Waals surface area contributed by atoms with E-state index in [-0.39, 0.29) is 17.7 Å². The highest BCUT2D eigenvalue weighted by atomic mass is 35.5. The summed E-state index contributed by atoms with van der Waals surface area (Å²) in [4.78, 5) is 13.2. The second-order valence-electron chi connectivity index (χ2n) is 6.97. The minimum atomic E-state index is -0.485. The Bertz CT molecular complexity index is 811. The average molecular weight is 426 g/mol. The van der Waals surface area contributed by atoms with Crippen LogP contribution in [0.25, 0.3) is 0 Å². The predicted octanol–water partition coefficient (Wildman–Crippen LogP) is 4.76. The number of hydrogen-bond donors (Lipinski definition) is 0. The van der Waals surface area contributed by atoms with Crippen molar-refractivity contribution in [2.24, 2.45) is 0 Å². The van der Waals surface area contributed by atoms with Gasteiger partial charge in [-0.2, -0.15) is 0 Å². The molecule has 0 aliphatic carbocycles. The molecule has 1 saturated heterocycles. The molecule has 1 heterocycles. The van der Waals surface area contributed by atoms with Crippen LogP contribution in [-0.2, 0) is 21.7 Å². The van der Waals surface area contributed by atoms with Crippen LogP contribution in [0.15, 0.2) is 42.5 Å². The van der Waals surface area contributed by atoms with Crippen LogP contribution < -0.4 is 4.74 Å². The molecule has 150 valence electrons. The summed E-state index contributed by atoms with van der Waals surface area (Å²) in [5, 5.41) is 0.0138. The molecule has 2 aromatic carbocycles. The highest BCUT2D eigenvalue weighted by Crippen LogP contribution is 2.31. The zero-order chi connectivity index (χ0) is 20.1. The quantitative estimate of drug-likeness (QED) is 0.599. The maximum absolute atomic E-state index is 13.8. The van der Waals surface area contributed by atoms with Crippen LogP contribution in [0.5, 0.6) is 5.75 Å². The van der Waals surface area contributed by atoms with Gasteiger partial charge in [0.2, 0.25) is 5.24 Å². The molecule has 0 saturated carbocycles. The van der Waals surface area contributed by atoms with Crippen molar-refractivity contribution in [1.29, 1.82) is 0 Å². The molecule has 0 aromatic heterocycles. The van der Waals surface area contributed by atoms with Gasteiger partial charge >= 0.3 is 0 Å². The zero-order valence-electron chi connectivity index (χ0n) is 15.6. The summed E-state index contributed by atoms with van der Waals surface area (Å²) in [6, 6.07) is 12.1. The molecule has 0 spiro atoms. The van der Waals surface area contributed by atoms with E-state index in [0.717, 1.165) is 12.1 Å². The number of halogens is 3. The Morgan fingerprint density at radius 3 is 2.71 bits per heavy atom. The Balaban J connectivity index is 1.64. The Kier molecular flexibility index (Phi) is 6.94. The maximum Gasteiger partial charge on any atom is 0.222 e. The SMILES string of the molecule is CC1(c2ccc(OCc3c(F)cccc3Cl)cc2)CN(CCC(=O)Cl)CCO1. The van der Waals surface area contributed by atoms with Gasteiger partial charge in [0, 0.05) is 31.6 Å². The Hall–Kier alpha value is -1.66. The van der Waals surface area contributed by atoms with Crippen molar-refractivity contribution < 1.29 is 18.7 Å². The first-order valence-corrected chi connectivity index (χ1v) is 9.84. The first-order chi connectivity index (χ1) is 13.4. The van der Waals surface area contributed by atoms with Crippen molar-refractivity contribution in [3.8, 4) is 5.75 Å². The average Bonchev–Trinajstić information content (AvgIpc) is 2.66. The third-order valence-corrected chi connectivity index (χ3v) is 5.43. The number of benzene rings is 2. The lowest BCUT2D eigenvalue weighted by molar-refractivity contribution is -0.116. The van der Waals surface area contributed by atoms with Crippen LogP contribution in [0.1, 0.15) is 24.5 Å². The summed E-state index contributed by atoms with van der Waals surface area (Å²) < 4.78 is 25.6. The van der Waals surface area contributed by atoms with Gasteiger partial charge < -0.3 is 9.47 Å². The number of carbonyl (C=O) groups excluding carboxylic acids is 1. The fraction of sp³-hybridized carbons (Fsp3) is 0.381. The van der Waals surface area contributed by atoms with Gasteiger partial charge in [0.05, 0.1) is 11.6 Å². The van der Waals surface area contributed by atoms with Crippen LogP contribution in [0.3, 0.4) is 0 Å². The van der Waals surface area contributed by atoms with E-state index >= 15 is 0 Å². The summed E-state index contributed by atoms with van der Waals surface area (Å²) in [6.07, 6.45) is 0.322. The van der Waals surface area contributed by atoms with Crippen molar-refractivity contribution in [3.63, 3.8) is 0 Å². The molecule has 1 unspecified atom stereocenters. The molecule has 1 aliphatic rings. The van der Waals surface area contributed by atoms with Crippen molar-refractivity contribution in [2.45, 2.75) is 25.6 Å². The Labute approximate surface area is 174 Å². The molecule has 0 amide bonds. The zero-order valence-corrected chi connectivity index (χ0v) is 17.1. The van der Waals surface area contributed by atoms with Gasteiger partial charge in [0.25, 0.3) is 0 Å². The molecule has 1 aliphatic heterocycles. The molecule has 3 rings (SSSR count). The summed E-state index contributed by atoms with van der Waals surface area (Å²) in [6.45, 7) is 4.71. The van der Waals surface area contributed by atoms with E-state index in [2.05, 4.69) is 4.90 Å².